The van der Waals surface area contributed by atoms with Crippen LogP contribution >= 0.6 is 22.6 Å². The van der Waals surface area contributed by atoms with Gasteiger partial charge in [-0.1, -0.05) is 47.2 Å². The Hall–Kier alpha value is -0.180. The molecule has 17 heavy (non-hydrogen) atoms. The van der Waals surface area contributed by atoms with Crippen LogP contribution < -0.4 is 0 Å². The van der Waals surface area contributed by atoms with Gasteiger partial charge in [-0.05, 0) is 19.1 Å². The summed E-state index contributed by atoms with van der Waals surface area (Å²) in [6.45, 7) is 3.44. The lowest BCUT2D eigenvalue weighted by Gasteiger charge is -2.13. The molecule has 0 radical (unpaired) electrons. The number of rotatable bonds is 5. The first-order valence-electron chi connectivity index (χ1n) is 5.11. The molecule has 0 aromatic heterocycles. The molecule has 0 spiro atoms. The highest BCUT2D eigenvalue weighted by Gasteiger charge is 2.19. The highest BCUT2D eigenvalue weighted by Crippen LogP contribution is 2.14. The fourth-order valence-electron chi connectivity index (χ4n) is 1.06. The van der Waals surface area contributed by atoms with Gasteiger partial charge in [-0.25, -0.2) is 0 Å². The summed E-state index contributed by atoms with van der Waals surface area (Å²) < 4.78 is 28.2. The average Bonchev–Trinajstić information content (AvgIpc) is 2.26. The van der Waals surface area contributed by atoms with E-state index in [1.165, 1.54) is 12.1 Å². The van der Waals surface area contributed by atoms with Crippen molar-refractivity contribution in [2.45, 2.75) is 28.8 Å². The van der Waals surface area contributed by atoms with E-state index < -0.39 is 16.2 Å². The Morgan fingerprint density at radius 1 is 1.35 bits per heavy atom. The zero-order valence-corrected chi connectivity index (χ0v) is 12.6. The minimum atomic E-state index is -3.77. The Bertz CT molecular complexity index is 453. The van der Waals surface area contributed by atoms with Crippen LogP contribution in [0.3, 0.4) is 0 Å². The summed E-state index contributed by atoms with van der Waals surface area (Å²) >= 11 is 2.01. The van der Waals surface area contributed by atoms with Crippen LogP contribution in [0.5, 0.6) is 0 Å². The molecule has 0 unspecified atom stereocenters. The van der Waals surface area contributed by atoms with E-state index in [9.17, 15) is 13.5 Å². The number of aryl methyl sites for hydroxylation is 1. The molecule has 0 amide bonds. The largest absolute Gasteiger partial charge is 0.390 e. The lowest BCUT2D eigenvalue weighted by Crippen LogP contribution is -2.25. The van der Waals surface area contributed by atoms with Gasteiger partial charge in [0.2, 0.25) is 0 Å². The highest BCUT2D eigenvalue weighted by atomic mass is 127. The van der Waals surface area contributed by atoms with Crippen molar-refractivity contribution in [3.05, 3.63) is 29.8 Å². The van der Waals surface area contributed by atoms with Crippen LogP contribution in [0.25, 0.3) is 0 Å². The monoisotopic (exact) mass is 370 g/mol. The van der Waals surface area contributed by atoms with Crippen molar-refractivity contribution in [1.29, 1.82) is 0 Å². The molecule has 0 bridgehead atoms. The first-order chi connectivity index (χ1) is 7.83. The molecule has 0 aliphatic rings. The third kappa shape index (κ3) is 4.53. The van der Waals surface area contributed by atoms with E-state index in [2.05, 4.69) is 0 Å². The second kappa shape index (κ2) is 6.12. The van der Waals surface area contributed by atoms with Gasteiger partial charge in [-0.15, -0.1) is 0 Å². The van der Waals surface area contributed by atoms with Crippen molar-refractivity contribution in [3.8, 4) is 0 Å². The van der Waals surface area contributed by atoms with Crippen molar-refractivity contribution in [3.63, 3.8) is 0 Å². The summed E-state index contributed by atoms with van der Waals surface area (Å²) in [6, 6.07) is 6.39. The number of hydrogen-bond acceptors (Lipinski definition) is 4. The van der Waals surface area contributed by atoms with Crippen LogP contribution in [0.15, 0.2) is 29.2 Å². The van der Waals surface area contributed by atoms with Crippen LogP contribution in [0.1, 0.15) is 12.5 Å². The lowest BCUT2D eigenvalue weighted by molar-refractivity contribution is 0.115. The maximum absolute atomic E-state index is 11.7. The van der Waals surface area contributed by atoms with Crippen molar-refractivity contribution in [1.82, 2.24) is 0 Å². The average molecular weight is 370 g/mol. The zero-order chi connectivity index (χ0) is 13.1. The molecule has 4 nitrogen and oxygen atoms in total. The molecular weight excluding hydrogens is 355 g/mol. The number of halogens is 1. The van der Waals surface area contributed by atoms with Gasteiger partial charge < -0.3 is 5.11 Å². The van der Waals surface area contributed by atoms with E-state index in [1.807, 2.05) is 29.5 Å². The molecule has 0 aliphatic carbocycles. The molecule has 0 heterocycles. The van der Waals surface area contributed by atoms with Crippen LogP contribution in [0, 0.1) is 6.92 Å². The predicted octanol–water partition coefficient (Wildman–Crippen LogP) is 1.88. The van der Waals surface area contributed by atoms with E-state index >= 15 is 0 Å². The van der Waals surface area contributed by atoms with E-state index in [0.29, 0.717) is 0 Å². The quantitative estimate of drug-likeness (QED) is 0.489. The van der Waals surface area contributed by atoms with E-state index in [0.717, 1.165) is 5.56 Å². The first kappa shape index (κ1) is 14.9. The van der Waals surface area contributed by atoms with E-state index in [1.54, 1.807) is 19.1 Å². The Kier molecular flexibility index (Phi) is 5.36. The second-order valence-corrected chi connectivity index (χ2v) is 7.38. The van der Waals surface area contributed by atoms with E-state index in [-0.39, 0.29) is 15.4 Å². The van der Waals surface area contributed by atoms with Crippen LogP contribution in [-0.4, -0.2) is 30.2 Å². The molecule has 0 saturated heterocycles. The SMILES string of the molecule is Cc1ccc(S(=O)(=O)OC[C@H](O)[C@@H](C)I)cc1. The maximum Gasteiger partial charge on any atom is 0.297 e. The molecule has 0 aliphatic heterocycles. The van der Waals surface area contributed by atoms with Crippen molar-refractivity contribution >= 4 is 32.7 Å². The topological polar surface area (TPSA) is 63.6 Å². The Balaban J connectivity index is 2.72. The minimum absolute atomic E-state index is 0.0687. The molecule has 1 rings (SSSR count). The Labute approximate surface area is 115 Å². The lowest BCUT2D eigenvalue weighted by atomic mass is 10.2. The van der Waals surface area contributed by atoms with Crippen molar-refractivity contribution in [2.24, 2.45) is 0 Å². The summed E-state index contributed by atoms with van der Waals surface area (Å²) in [5.41, 5.74) is 0.977. The summed E-state index contributed by atoms with van der Waals surface area (Å²) in [5, 5.41) is 9.48. The normalized spacial score (nSPS) is 15.5. The van der Waals surface area contributed by atoms with Gasteiger partial charge in [-0.2, -0.15) is 8.42 Å². The van der Waals surface area contributed by atoms with Gasteiger partial charge in [0.25, 0.3) is 10.1 Å². The van der Waals surface area contributed by atoms with Gasteiger partial charge in [0.05, 0.1) is 17.6 Å². The Morgan fingerprint density at radius 3 is 2.35 bits per heavy atom. The molecule has 0 saturated carbocycles. The second-order valence-electron chi connectivity index (χ2n) is 3.80. The zero-order valence-electron chi connectivity index (χ0n) is 9.63. The molecule has 6 heteroatoms. The van der Waals surface area contributed by atoms with Gasteiger partial charge in [0.15, 0.2) is 0 Å². The highest BCUT2D eigenvalue weighted by molar-refractivity contribution is 14.1. The number of aliphatic hydroxyl groups excluding tert-OH is 1. The number of alkyl halides is 1. The summed E-state index contributed by atoms with van der Waals surface area (Å²) in [6.07, 6.45) is -0.796. The number of aliphatic hydroxyl groups is 1. The number of hydrogen-bond donors (Lipinski definition) is 1. The molecule has 2 atom stereocenters. The molecule has 96 valence electrons. The molecule has 0 fully saturated rings. The maximum atomic E-state index is 11.7. The molecule has 1 aromatic rings. The summed E-state index contributed by atoms with van der Waals surface area (Å²) in [4.78, 5) is 0.108. The smallest absolute Gasteiger partial charge is 0.297 e. The summed E-state index contributed by atoms with van der Waals surface area (Å²) in [5.74, 6) is 0. The molecule has 1 aromatic carbocycles. The van der Waals surface area contributed by atoms with Gasteiger partial charge in [0, 0.05) is 3.92 Å². The Morgan fingerprint density at radius 2 is 1.88 bits per heavy atom. The third-order valence-corrected chi connectivity index (χ3v) is 4.36. The fourth-order valence-corrected chi connectivity index (χ4v) is 2.20. The van der Waals surface area contributed by atoms with E-state index in [4.69, 9.17) is 4.18 Å². The van der Waals surface area contributed by atoms with Crippen LogP contribution in [-0.2, 0) is 14.3 Å². The fraction of sp³-hybridized carbons (Fsp3) is 0.455. The predicted molar refractivity (Wildman–Crippen MR) is 73.8 cm³/mol. The standard InChI is InChI=1S/C11H15IO4S/c1-8-3-5-10(6-4-8)17(14,15)16-7-11(13)9(2)12/h3-6,9,11,13H,7H2,1-2H3/t9-,11+/m1/s1. The van der Waals surface area contributed by atoms with Gasteiger partial charge >= 0.3 is 0 Å². The van der Waals surface area contributed by atoms with Crippen molar-refractivity contribution in [2.75, 3.05) is 6.61 Å². The van der Waals surface area contributed by atoms with Crippen molar-refractivity contribution < 1.29 is 17.7 Å². The molecule has 1 N–H and O–H groups in total. The van der Waals surface area contributed by atoms with Gasteiger partial charge in [0.1, 0.15) is 0 Å². The van der Waals surface area contributed by atoms with Gasteiger partial charge in [-0.3, -0.25) is 4.18 Å². The summed E-state index contributed by atoms with van der Waals surface area (Å²) in [7, 11) is -3.77. The number of benzene rings is 1. The van der Waals surface area contributed by atoms with Crippen LogP contribution in [0.4, 0.5) is 0 Å². The minimum Gasteiger partial charge on any atom is -0.390 e. The van der Waals surface area contributed by atoms with Crippen LogP contribution in [0.2, 0.25) is 0 Å². The third-order valence-electron chi connectivity index (χ3n) is 2.23. The molecular formula is C11H15IO4S. The first-order valence-corrected chi connectivity index (χ1v) is 7.76.